The molecule has 0 radical (unpaired) electrons. The second-order valence-corrected chi connectivity index (χ2v) is 6.83. The van der Waals surface area contributed by atoms with Gasteiger partial charge in [-0.2, -0.15) is 5.26 Å². The van der Waals surface area contributed by atoms with Crippen molar-refractivity contribution in [3.8, 4) is 11.8 Å². The van der Waals surface area contributed by atoms with Crippen LogP contribution >= 0.6 is 11.6 Å². The topological polar surface area (TPSA) is 62.1 Å². The Morgan fingerprint density at radius 3 is 2.42 bits per heavy atom. The molecule has 24 heavy (non-hydrogen) atoms. The van der Waals surface area contributed by atoms with Crippen LogP contribution in [0.3, 0.4) is 0 Å². The first-order valence-corrected chi connectivity index (χ1v) is 7.90. The summed E-state index contributed by atoms with van der Waals surface area (Å²) in [6, 6.07) is 14.4. The van der Waals surface area contributed by atoms with Crippen molar-refractivity contribution in [2.24, 2.45) is 0 Å². The Balaban J connectivity index is 1.93. The zero-order valence-corrected chi connectivity index (χ0v) is 14.6. The molecular weight excluding hydrogens is 324 g/mol. The highest BCUT2D eigenvalue weighted by molar-refractivity contribution is 6.32. The van der Waals surface area contributed by atoms with Gasteiger partial charge in [0.05, 0.1) is 16.7 Å². The molecule has 0 aliphatic carbocycles. The number of nitrogens with one attached hydrogen (secondary N) is 1. The molecule has 1 N–H and O–H groups in total. The van der Waals surface area contributed by atoms with E-state index in [9.17, 15) is 4.79 Å². The minimum atomic E-state index is -0.279. The number of nitrogens with zero attached hydrogens (tertiary/aromatic N) is 1. The summed E-state index contributed by atoms with van der Waals surface area (Å²) in [4.78, 5) is 12.0. The summed E-state index contributed by atoms with van der Waals surface area (Å²) in [6.07, 6.45) is 0. The van der Waals surface area contributed by atoms with Crippen LogP contribution in [0, 0.1) is 11.3 Å². The number of anilines is 1. The van der Waals surface area contributed by atoms with Crippen molar-refractivity contribution in [3.63, 3.8) is 0 Å². The van der Waals surface area contributed by atoms with Crippen LogP contribution in [-0.4, -0.2) is 12.5 Å². The second-order valence-electron chi connectivity index (χ2n) is 6.42. The summed E-state index contributed by atoms with van der Waals surface area (Å²) < 4.78 is 5.39. The monoisotopic (exact) mass is 342 g/mol. The predicted octanol–water partition coefficient (Wildman–Crippen LogP) is 4.53. The van der Waals surface area contributed by atoms with Crippen LogP contribution in [0.2, 0.25) is 5.02 Å². The van der Waals surface area contributed by atoms with Crippen molar-refractivity contribution in [1.29, 1.82) is 5.26 Å². The molecule has 0 aromatic heterocycles. The van der Waals surface area contributed by atoms with Gasteiger partial charge in [-0.3, -0.25) is 4.79 Å². The van der Waals surface area contributed by atoms with Gasteiger partial charge in [-0.1, -0.05) is 44.5 Å². The quantitative estimate of drug-likeness (QED) is 0.888. The molecular formula is C19H19ClN2O2. The summed E-state index contributed by atoms with van der Waals surface area (Å²) in [5.74, 6) is 0.0906. The van der Waals surface area contributed by atoms with Crippen molar-refractivity contribution in [2.45, 2.75) is 26.2 Å². The SMILES string of the molecule is CC(C)(C)c1ccc(NC(=O)COc2ccc(C#N)cc2Cl)cc1. The summed E-state index contributed by atoms with van der Waals surface area (Å²) in [5.41, 5.74) is 2.41. The van der Waals surface area contributed by atoms with Crippen LogP contribution < -0.4 is 10.1 Å². The van der Waals surface area contributed by atoms with Gasteiger partial charge >= 0.3 is 0 Å². The van der Waals surface area contributed by atoms with Gasteiger partial charge in [0.15, 0.2) is 6.61 Å². The van der Waals surface area contributed by atoms with Gasteiger partial charge in [-0.05, 0) is 41.3 Å². The number of amides is 1. The third-order valence-electron chi connectivity index (χ3n) is 3.45. The number of benzene rings is 2. The molecule has 0 atom stereocenters. The number of nitriles is 1. The van der Waals surface area contributed by atoms with Gasteiger partial charge in [0.1, 0.15) is 5.75 Å². The van der Waals surface area contributed by atoms with Crippen molar-refractivity contribution >= 4 is 23.2 Å². The molecule has 0 fully saturated rings. The van der Waals surface area contributed by atoms with Crippen molar-refractivity contribution in [1.82, 2.24) is 0 Å². The van der Waals surface area contributed by atoms with E-state index in [2.05, 4.69) is 26.1 Å². The van der Waals surface area contributed by atoms with Crippen LogP contribution in [0.15, 0.2) is 42.5 Å². The minimum absolute atomic E-state index is 0.0674. The number of hydrogen-bond acceptors (Lipinski definition) is 3. The van der Waals surface area contributed by atoms with Crippen molar-refractivity contribution in [3.05, 3.63) is 58.6 Å². The van der Waals surface area contributed by atoms with E-state index < -0.39 is 0 Å². The summed E-state index contributed by atoms with van der Waals surface area (Å²) in [7, 11) is 0. The zero-order valence-electron chi connectivity index (χ0n) is 13.9. The van der Waals surface area contributed by atoms with Gasteiger partial charge in [-0.15, -0.1) is 0 Å². The largest absolute Gasteiger partial charge is 0.482 e. The Bertz CT molecular complexity index is 771. The summed E-state index contributed by atoms with van der Waals surface area (Å²) >= 11 is 6.00. The van der Waals surface area contributed by atoms with Gasteiger partial charge in [0.25, 0.3) is 5.91 Å². The minimum Gasteiger partial charge on any atom is -0.482 e. The molecule has 0 unspecified atom stereocenters. The van der Waals surface area contributed by atoms with E-state index in [1.807, 2.05) is 30.3 Å². The van der Waals surface area contributed by atoms with Crippen molar-refractivity contribution < 1.29 is 9.53 Å². The van der Waals surface area contributed by atoms with E-state index in [1.54, 1.807) is 12.1 Å². The van der Waals surface area contributed by atoms with Crippen molar-refractivity contribution in [2.75, 3.05) is 11.9 Å². The van der Waals surface area contributed by atoms with Gasteiger partial charge in [0.2, 0.25) is 0 Å². The van der Waals surface area contributed by atoms with E-state index in [0.717, 1.165) is 0 Å². The molecule has 0 aliphatic heterocycles. The first kappa shape index (κ1) is 17.8. The lowest BCUT2D eigenvalue weighted by atomic mass is 9.87. The lowest BCUT2D eigenvalue weighted by molar-refractivity contribution is -0.118. The Morgan fingerprint density at radius 2 is 1.88 bits per heavy atom. The second kappa shape index (κ2) is 7.37. The molecule has 0 saturated heterocycles. The van der Waals surface area contributed by atoms with E-state index in [-0.39, 0.29) is 17.9 Å². The number of hydrogen-bond donors (Lipinski definition) is 1. The number of carbonyl (C=O) groups is 1. The molecule has 0 saturated carbocycles. The smallest absolute Gasteiger partial charge is 0.262 e. The molecule has 0 bridgehead atoms. The van der Waals surface area contributed by atoms with Gasteiger partial charge in [0, 0.05) is 5.69 Å². The molecule has 124 valence electrons. The molecule has 2 rings (SSSR count). The Labute approximate surface area is 147 Å². The molecule has 1 amide bonds. The molecule has 4 nitrogen and oxygen atoms in total. The Hall–Kier alpha value is -2.51. The molecule has 5 heteroatoms. The maximum atomic E-state index is 12.0. The molecule has 0 spiro atoms. The Morgan fingerprint density at radius 1 is 1.21 bits per heavy atom. The number of halogens is 1. The molecule has 0 heterocycles. The predicted molar refractivity (Wildman–Crippen MR) is 95.4 cm³/mol. The maximum absolute atomic E-state index is 12.0. The van der Waals surface area contributed by atoms with Gasteiger partial charge in [-0.25, -0.2) is 0 Å². The van der Waals surface area contributed by atoms with Crippen LogP contribution in [0.1, 0.15) is 31.9 Å². The highest BCUT2D eigenvalue weighted by atomic mass is 35.5. The lowest BCUT2D eigenvalue weighted by Gasteiger charge is -2.19. The van der Waals surface area contributed by atoms with Crippen LogP contribution in [0.5, 0.6) is 5.75 Å². The van der Waals surface area contributed by atoms with E-state index in [4.69, 9.17) is 21.6 Å². The molecule has 2 aromatic rings. The highest BCUT2D eigenvalue weighted by Gasteiger charge is 2.13. The standard InChI is InChI=1S/C19H19ClN2O2/c1-19(2,3)14-5-7-15(8-6-14)22-18(23)12-24-17-9-4-13(11-21)10-16(17)20/h4-10H,12H2,1-3H3,(H,22,23). The average Bonchev–Trinajstić information content (AvgIpc) is 2.53. The Kier molecular flexibility index (Phi) is 5.48. The fraction of sp³-hybridized carbons (Fsp3) is 0.263. The third kappa shape index (κ3) is 4.74. The zero-order chi connectivity index (χ0) is 17.7. The first-order valence-electron chi connectivity index (χ1n) is 7.52. The highest BCUT2D eigenvalue weighted by Crippen LogP contribution is 2.25. The summed E-state index contributed by atoms with van der Waals surface area (Å²) in [6.45, 7) is 6.24. The third-order valence-corrected chi connectivity index (χ3v) is 3.75. The van der Waals surface area contributed by atoms with Gasteiger partial charge < -0.3 is 10.1 Å². The normalized spacial score (nSPS) is 10.8. The summed E-state index contributed by atoms with van der Waals surface area (Å²) in [5, 5.41) is 11.9. The van der Waals surface area contributed by atoms with Crippen LogP contribution in [-0.2, 0) is 10.2 Å². The number of rotatable bonds is 4. The fourth-order valence-electron chi connectivity index (χ4n) is 2.08. The fourth-order valence-corrected chi connectivity index (χ4v) is 2.32. The van der Waals surface area contributed by atoms with E-state index in [0.29, 0.717) is 22.0 Å². The molecule has 0 aliphatic rings. The van der Waals surface area contributed by atoms with Crippen LogP contribution in [0.25, 0.3) is 0 Å². The average molecular weight is 343 g/mol. The first-order chi connectivity index (χ1) is 11.3. The maximum Gasteiger partial charge on any atom is 0.262 e. The number of carbonyl (C=O) groups excluding carboxylic acids is 1. The lowest BCUT2D eigenvalue weighted by Crippen LogP contribution is -2.20. The number of ether oxygens (including phenoxy) is 1. The van der Waals surface area contributed by atoms with Crippen LogP contribution in [0.4, 0.5) is 5.69 Å². The van der Waals surface area contributed by atoms with E-state index >= 15 is 0 Å². The van der Waals surface area contributed by atoms with E-state index in [1.165, 1.54) is 11.6 Å². The molecule has 2 aromatic carbocycles.